The highest BCUT2D eigenvalue weighted by molar-refractivity contribution is 4.66. The van der Waals surface area contributed by atoms with Gasteiger partial charge < -0.3 is 5.73 Å². The molecular formula is C12H31N. The average molecular weight is 189 g/mol. The van der Waals surface area contributed by atoms with E-state index in [2.05, 4.69) is 0 Å². The summed E-state index contributed by atoms with van der Waals surface area (Å²) in [5.41, 5.74) is 5.63. The van der Waals surface area contributed by atoms with Crippen molar-refractivity contribution in [3.05, 3.63) is 0 Å². The number of rotatable bonds is 0. The Morgan fingerprint density at radius 2 is 1.00 bits per heavy atom. The van der Waals surface area contributed by atoms with Gasteiger partial charge in [0.1, 0.15) is 0 Å². The first-order valence-electron chi connectivity index (χ1n) is 6.15. The maximum atomic E-state index is 5.63. The Bertz CT molecular complexity index is 47.1. The van der Waals surface area contributed by atoms with E-state index in [-0.39, 0.29) is 0 Å². The summed E-state index contributed by atoms with van der Waals surface area (Å²) in [4.78, 5) is 0. The Balaban J connectivity index is -0.000000144. The zero-order valence-electron chi connectivity index (χ0n) is 10.7. The smallest absolute Gasteiger partial charge is 0.00388 e. The third-order valence-electron chi connectivity index (χ3n) is 1.65. The van der Waals surface area contributed by atoms with Crippen molar-refractivity contribution in [2.45, 2.75) is 79.7 Å². The van der Waals surface area contributed by atoms with Gasteiger partial charge in [-0.05, 0) is 12.8 Å². The van der Waals surface area contributed by atoms with Gasteiger partial charge in [0, 0.05) is 6.04 Å². The maximum Gasteiger partial charge on any atom is 0.00388 e. The van der Waals surface area contributed by atoms with Gasteiger partial charge in [-0.2, -0.15) is 0 Å². The summed E-state index contributed by atoms with van der Waals surface area (Å²) < 4.78 is 0. The maximum absolute atomic E-state index is 5.63. The van der Waals surface area contributed by atoms with E-state index in [9.17, 15) is 0 Å². The van der Waals surface area contributed by atoms with Crippen LogP contribution in [0.1, 0.15) is 73.6 Å². The fourth-order valence-corrected chi connectivity index (χ4v) is 1.13. The standard InChI is InChI=1S/C6H13N.3C2H6/c7-6-4-2-1-3-5-6;3*1-2/h6H,1-5,7H2;3*1-2H3. The molecule has 0 aromatic rings. The fourth-order valence-electron chi connectivity index (χ4n) is 1.13. The molecule has 0 bridgehead atoms. The first-order valence-corrected chi connectivity index (χ1v) is 6.15. The van der Waals surface area contributed by atoms with Crippen LogP contribution in [0.2, 0.25) is 0 Å². The molecule has 13 heavy (non-hydrogen) atoms. The Hall–Kier alpha value is -0.0400. The highest BCUT2D eigenvalue weighted by atomic mass is 14.6. The lowest BCUT2D eigenvalue weighted by Gasteiger charge is -2.15. The molecule has 1 rings (SSSR count). The van der Waals surface area contributed by atoms with Crippen molar-refractivity contribution in [2.75, 3.05) is 0 Å². The quantitative estimate of drug-likeness (QED) is 0.602. The second-order valence-electron chi connectivity index (χ2n) is 2.40. The Kier molecular flexibility index (Phi) is 32.6. The molecule has 0 unspecified atom stereocenters. The molecule has 1 fully saturated rings. The van der Waals surface area contributed by atoms with Crippen molar-refractivity contribution in [1.29, 1.82) is 0 Å². The minimum absolute atomic E-state index is 0.536. The van der Waals surface area contributed by atoms with E-state index in [0.29, 0.717) is 6.04 Å². The number of nitrogens with two attached hydrogens (primary N) is 1. The summed E-state index contributed by atoms with van der Waals surface area (Å²) in [5.74, 6) is 0. The molecule has 1 saturated carbocycles. The third-order valence-corrected chi connectivity index (χ3v) is 1.65. The van der Waals surface area contributed by atoms with Crippen LogP contribution in [0.3, 0.4) is 0 Å². The van der Waals surface area contributed by atoms with Gasteiger partial charge in [0.2, 0.25) is 0 Å². The largest absolute Gasteiger partial charge is 0.328 e. The lowest BCUT2D eigenvalue weighted by molar-refractivity contribution is 0.441. The van der Waals surface area contributed by atoms with E-state index >= 15 is 0 Å². The molecule has 0 aromatic carbocycles. The molecule has 84 valence electrons. The topological polar surface area (TPSA) is 26.0 Å². The molecule has 0 radical (unpaired) electrons. The Labute approximate surface area is 86.1 Å². The summed E-state index contributed by atoms with van der Waals surface area (Å²) >= 11 is 0. The van der Waals surface area contributed by atoms with E-state index < -0.39 is 0 Å². The first kappa shape index (κ1) is 18.7. The number of hydrogen-bond donors (Lipinski definition) is 1. The van der Waals surface area contributed by atoms with E-state index in [4.69, 9.17) is 5.73 Å². The van der Waals surface area contributed by atoms with Gasteiger partial charge in [0.05, 0.1) is 0 Å². The van der Waals surface area contributed by atoms with Crippen LogP contribution in [-0.2, 0) is 0 Å². The van der Waals surface area contributed by atoms with Gasteiger partial charge in [-0.1, -0.05) is 60.8 Å². The molecule has 0 saturated heterocycles. The SMILES string of the molecule is CC.CC.CC.NC1CCCCC1. The van der Waals surface area contributed by atoms with Crippen molar-refractivity contribution < 1.29 is 0 Å². The molecule has 0 atom stereocenters. The van der Waals surface area contributed by atoms with Crippen molar-refractivity contribution in [1.82, 2.24) is 0 Å². The average Bonchev–Trinajstić information content (AvgIpc) is 2.28. The molecule has 1 nitrogen and oxygen atoms in total. The molecule has 0 aromatic heterocycles. The third kappa shape index (κ3) is 18.7. The lowest BCUT2D eigenvalue weighted by Crippen LogP contribution is -2.22. The van der Waals surface area contributed by atoms with Gasteiger partial charge >= 0.3 is 0 Å². The van der Waals surface area contributed by atoms with Crippen LogP contribution < -0.4 is 5.73 Å². The van der Waals surface area contributed by atoms with Crippen LogP contribution in [0.5, 0.6) is 0 Å². The predicted molar refractivity (Wildman–Crippen MR) is 65.1 cm³/mol. The molecule has 1 heteroatoms. The van der Waals surface area contributed by atoms with Crippen LogP contribution in [0.15, 0.2) is 0 Å². The highest BCUT2D eigenvalue weighted by Gasteiger charge is 2.06. The predicted octanol–water partition coefficient (Wildman–Crippen LogP) is 4.36. The van der Waals surface area contributed by atoms with Crippen LogP contribution >= 0.6 is 0 Å². The second-order valence-corrected chi connectivity index (χ2v) is 2.40. The Morgan fingerprint density at radius 1 is 0.692 bits per heavy atom. The summed E-state index contributed by atoms with van der Waals surface area (Å²) in [6.45, 7) is 12.0. The summed E-state index contributed by atoms with van der Waals surface area (Å²) in [6.07, 6.45) is 6.66. The molecule has 1 aliphatic carbocycles. The summed E-state index contributed by atoms with van der Waals surface area (Å²) in [6, 6.07) is 0.536. The van der Waals surface area contributed by atoms with Crippen LogP contribution in [0.25, 0.3) is 0 Å². The van der Waals surface area contributed by atoms with Crippen LogP contribution in [-0.4, -0.2) is 6.04 Å². The van der Waals surface area contributed by atoms with Crippen molar-refractivity contribution in [3.8, 4) is 0 Å². The van der Waals surface area contributed by atoms with Gasteiger partial charge in [0.25, 0.3) is 0 Å². The number of hydrogen-bond acceptors (Lipinski definition) is 1. The van der Waals surface area contributed by atoms with Crippen LogP contribution in [0.4, 0.5) is 0 Å². The first-order chi connectivity index (χ1) is 6.39. The van der Waals surface area contributed by atoms with Crippen molar-refractivity contribution in [2.24, 2.45) is 5.73 Å². The molecule has 0 spiro atoms. The van der Waals surface area contributed by atoms with Gasteiger partial charge in [0.15, 0.2) is 0 Å². The molecule has 0 amide bonds. The molecular weight excluding hydrogens is 158 g/mol. The zero-order valence-corrected chi connectivity index (χ0v) is 10.7. The minimum Gasteiger partial charge on any atom is -0.328 e. The molecule has 0 heterocycles. The normalized spacial score (nSPS) is 15.0. The monoisotopic (exact) mass is 189 g/mol. The van der Waals surface area contributed by atoms with E-state index in [0.717, 1.165) is 0 Å². The lowest BCUT2D eigenvalue weighted by atomic mass is 9.97. The fraction of sp³-hybridized carbons (Fsp3) is 1.00. The van der Waals surface area contributed by atoms with E-state index in [1.165, 1.54) is 32.1 Å². The van der Waals surface area contributed by atoms with Crippen molar-refractivity contribution >= 4 is 0 Å². The minimum atomic E-state index is 0.536. The summed E-state index contributed by atoms with van der Waals surface area (Å²) in [7, 11) is 0. The zero-order chi connectivity index (χ0) is 11.1. The molecule has 2 N–H and O–H groups in total. The van der Waals surface area contributed by atoms with E-state index in [1.54, 1.807) is 0 Å². The molecule has 1 aliphatic rings. The van der Waals surface area contributed by atoms with E-state index in [1.807, 2.05) is 41.5 Å². The van der Waals surface area contributed by atoms with Crippen LogP contribution in [0, 0.1) is 0 Å². The van der Waals surface area contributed by atoms with Gasteiger partial charge in [-0.25, -0.2) is 0 Å². The molecule has 0 aliphatic heterocycles. The summed E-state index contributed by atoms with van der Waals surface area (Å²) in [5, 5.41) is 0. The van der Waals surface area contributed by atoms with Gasteiger partial charge in [-0.15, -0.1) is 0 Å². The van der Waals surface area contributed by atoms with Gasteiger partial charge in [-0.3, -0.25) is 0 Å². The van der Waals surface area contributed by atoms with Crippen molar-refractivity contribution in [3.63, 3.8) is 0 Å². The Morgan fingerprint density at radius 3 is 1.15 bits per heavy atom. The second kappa shape index (κ2) is 22.7. The highest BCUT2D eigenvalue weighted by Crippen LogP contribution is 2.14.